The average Bonchev–Trinajstić information content (AvgIpc) is 2.97. The first kappa shape index (κ1) is 13.5. The monoisotopic (exact) mass is 300 g/mol. The minimum absolute atomic E-state index is 0.304. The molecular weight excluding hydrogens is 287 g/mol. The molecule has 0 unspecified atom stereocenters. The quantitative estimate of drug-likeness (QED) is 0.723. The number of hydrogen-bond acceptors (Lipinski definition) is 5. The predicted octanol–water partition coefficient (Wildman–Crippen LogP) is 3.54. The normalized spacial score (nSPS) is 10.5. The van der Waals surface area contributed by atoms with Gasteiger partial charge in [-0.3, -0.25) is 4.98 Å². The van der Waals surface area contributed by atoms with Crippen molar-refractivity contribution in [2.24, 2.45) is 0 Å². The van der Waals surface area contributed by atoms with Gasteiger partial charge in [-0.05, 0) is 24.3 Å². The first-order valence-electron chi connectivity index (χ1n) is 6.36. The molecule has 0 bridgehead atoms. The molecule has 4 nitrogen and oxygen atoms in total. The molecule has 0 aliphatic rings. The second-order valence-corrected chi connectivity index (χ2v) is 5.29. The summed E-state index contributed by atoms with van der Waals surface area (Å²) in [5.41, 5.74) is 7.68. The maximum absolute atomic E-state index is 13.7. The van der Waals surface area contributed by atoms with Crippen molar-refractivity contribution in [3.8, 4) is 10.6 Å². The van der Waals surface area contributed by atoms with Crippen LogP contribution in [-0.4, -0.2) is 9.97 Å². The number of pyridine rings is 1. The van der Waals surface area contributed by atoms with E-state index in [1.54, 1.807) is 24.5 Å². The standard InChI is InChI=1S/C15H13FN4S/c16-12-2-1-3-13(17)11(12)8-19-14-9-21-15(20-14)10-4-6-18-7-5-10/h1-7,9,19H,8,17H2. The Hall–Kier alpha value is -2.47. The predicted molar refractivity (Wildman–Crippen MR) is 83.5 cm³/mol. The van der Waals surface area contributed by atoms with Crippen molar-refractivity contribution in [3.63, 3.8) is 0 Å². The van der Waals surface area contributed by atoms with Crippen LogP contribution in [0.4, 0.5) is 15.9 Å². The number of anilines is 2. The van der Waals surface area contributed by atoms with E-state index in [0.29, 0.717) is 23.6 Å². The van der Waals surface area contributed by atoms with Crippen molar-refractivity contribution < 1.29 is 4.39 Å². The Labute approximate surface area is 125 Å². The Kier molecular flexibility index (Phi) is 3.79. The molecule has 2 aromatic heterocycles. The number of aromatic nitrogens is 2. The lowest BCUT2D eigenvalue weighted by Gasteiger charge is -2.07. The first-order valence-corrected chi connectivity index (χ1v) is 7.24. The Morgan fingerprint density at radius 3 is 2.76 bits per heavy atom. The lowest BCUT2D eigenvalue weighted by Crippen LogP contribution is -2.05. The van der Waals surface area contributed by atoms with Gasteiger partial charge in [-0.2, -0.15) is 0 Å². The highest BCUT2D eigenvalue weighted by atomic mass is 32.1. The van der Waals surface area contributed by atoms with Crippen LogP contribution in [0.15, 0.2) is 48.1 Å². The van der Waals surface area contributed by atoms with Gasteiger partial charge in [-0.1, -0.05) is 6.07 Å². The smallest absolute Gasteiger partial charge is 0.138 e. The van der Waals surface area contributed by atoms with E-state index in [0.717, 1.165) is 10.6 Å². The van der Waals surface area contributed by atoms with Crippen LogP contribution < -0.4 is 11.1 Å². The zero-order valence-corrected chi connectivity index (χ0v) is 11.9. The fourth-order valence-electron chi connectivity index (χ4n) is 1.92. The molecule has 0 atom stereocenters. The lowest BCUT2D eigenvalue weighted by molar-refractivity contribution is 0.614. The van der Waals surface area contributed by atoms with Crippen molar-refractivity contribution in [1.82, 2.24) is 9.97 Å². The summed E-state index contributed by atoms with van der Waals surface area (Å²) < 4.78 is 13.7. The Morgan fingerprint density at radius 2 is 2.00 bits per heavy atom. The lowest BCUT2D eigenvalue weighted by atomic mass is 10.1. The maximum Gasteiger partial charge on any atom is 0.138 e. The SMILES string of the molecule is Nc1cccc(F)c1CNc1csc(-c2ccncc2)n1. The van der Waals surface area contributed by atoms with Crippen molar-refractivity contribution in [2.75, 3.05) is 11.1 Å². The van der Waals surface area contributed by atoms with Gasteiger partial charge in [0.2, 0.25) is 0 Å². The van der Waals surface area contributed by atoms with Gasteiger partial charge in [-0.25, -0.2) is 9.37 Å². The maximum atomic E-state index is 13.7. The number of benzene rings is 1. The molecule has 21 heavy (non-hydrogen) atoms. The summed E-state index contributed by atoms with van der Waals surface area (Å²) in [5.74, 6) is 0.390. The molecule has 3 aromatic rings. The van der Waals surface area contributed by atoms with Crippen LogP contribution in [0.5, 0.6) is 0 Å². The summed E-state index contributed by atoms with van der Waals surface area (Å²) in [6, 6.07) is 8.48. The van der Waals surface area contributed by atoms with E-state index in [1.807, 2.05) is 17.5 Å². The largest absolute Gasteiger partial charge is 0.398 e. The highest BCUT2D eigenvalue weighted by Crippen LogP contribution is 2.26. The number of rotatable bonds is 4. The van der Waals surface area contributed by atoms with Gasteiger partial charge in [0.05, 0.1) is 0 Å². The van der Waals surface area contributed by atoms with E-state index >= 15 is 0 Å². The minimum Gasteiger partial charge on any atom is -0.398 e. The second kappa shape index (κ2) is 5.88. The van der Waals surface area contributed by atoms with Crippen molar-refractivity contribution >= 4 is 22.8 Å². The Balaban J connectivity index is 1.74. The highest BCUT2D eigenvalue weighted by molar-refractivity contribution is 7.13. The van der Waals surface area contributed by atoms with Crippen molar-refractivity contribution in [1.29, 1.82) is 0 Å². The summed E-state index contributed by atoms with van der Waals surface area (Å²) in [5, 5.41) is 5.88. The zero-order chi connectivity index (χ0) is 14.7. The Bertz CT molecular complexity index is 722. The number of thiazole rings is 1. The molecule has 0 aliphatic heterocycles. The summed E-state index contributed by atoms with van der Waals surface area (Å²) in [6.45, 7) is 0.304. The van der Waals surface area contributed by atoms with Crippen LogP contribution in [0.3, 0.4) is 0 Å². The average molecular weight is 300 g/mol. The van der Waals surface area contributed by atoms with Crippen LogP contribution in [0.2, 0.25) is 0 Å². The van der Waals surface area contributed by atoms with E-state index in [1.165, 1.54) is 17.4 Å². The third-order valence-corrected chi connectivity index (χ3v) is 3.92. The van der Waals surface area contributed by atoms with E-state index in [-0.39, 0.29) is 5.82 Å². The van der Waals surface area contributed by atoms with Gasteiger partial charge in [-0.15, -0.1) is 11.3 Å². The molecule has 106 valence electrons. The van der Waals surface area contributed by atoms with Gasteiger partial charge >= 0.3 is 0 Å². The molecule has 0 spiro atoms. The van der Waals surface area contributed by atoms with Gasteiger partial charge < -0.3 is 11.1 Å². The number of nitrogen functional groups attached to an aromatic ring is 1. The molecule has 3 rings (SSSR count). The van der Waals surface area contributed by atoms with Gasteiger partial charge in [0.1, 0.15) is 16.6 Å². The molecular formula is C15H13FN4S. The number of hydrogen-bond donors (Lipinski definition) is 2. The molecule has 0 saturated carbocycles. The fourth-order valence-corrected chi connectivity index (χ4v) is 2.71. The molecule has 0 aliphatic carbocycles. The van der Waals surface area contributed by atoms with Gasteiger partial charge in [0.25, 0.3) is 0 Å². The minimum atomic E-state index is -0.313. The van der Waals surface area contributed by atoms with Crippen LogP contribution in [0.1, 0.15) is 5.56 Å². The number of nitrogens with two attached hydrogens (primary N) is 1. The van der Waals surface area contributed by atoms with E-state index in [2.05, 4.69) is 15.3 Å². The molecule has 3 N–H and O–H groups in total. The fraction of sp³-hybridized carbons (Fsp3) is 0.0667. The van der Waals surface area contributed by atoms with Gasteiger partial charge in [0.15, 0.2) is 0 Å². The molecule has 0 radical (unpaired) electrons. The van der Waals surface area contributed by atoms with Crippen LogP contribution in [-0.2, 0) is 6.54 Å². The van der Waals surface area contributed by atoms with E-state index in [4.69, 9.17) is 5.73 Å². The molecule has 2 heterocycles. The van der Waals surface area contributed by atoms with Crippen LogP contribution in [0, 0.1) is 5.82 Å². The molecule has 1 aromatic carbocycles. The van der Waals surface area contributed by atoms with E-state index in [9.17, 15) is 4.39 Å². The molecule has 0 amide bonds. The van der Waals surface area contributed by atoms with Gasteiger partial charge in [0, 0.05) is 41.1 Å². The highest BCUT2D eigenvalue weighted by Gasteiger charge is 2.08. The van der Waals surface area contributed by atoms with Crippen LogP contribution in [0.25, 0.3) is 10.6 Å². The second-order valence-electron chi connectivity index (χ2n) is 4.43. The molecule has 0 fully saturated rings. The topological polar surface area (TPSA) is 63.8 Å². The number of nitrogens with zero attached hydrogens (tertiary/aromatic N) is 2. The molecule has 0 saturated heterocycles. The van der Waals surface area contributed by atoms with E-state index < -0.39 is 0 Å². The van der Waals surface area contributed by atoms with Crippen molar-refractivity contribution in [3.05, 3.63) is 59.5 Å². The summed E-state index contributed by atoms with van der Waals surface area (Å²) in [4.78, 5) is 8.45. The Morgan fingerprint density at radius 1 is 1.19 bits per heavy atom. The molecule has 6 heteroatoms. The summed E-state index contributed by atoms with van der Waals surface area (Å²) in [6.07, 6.45) is 3.45. The summed E-state index contributed by atoms with van der Waals surface area (Å²) in [7, 11) is 0. The summed E-state index contributed by atoms with van der Waals surface area (Å²) >= 11 is 1.52. The first-order chi connectivity index (χ1) is 10.2. The number of halogens is 1. The zero-order valence-electron chi connectivity index (χ0n) is 11.1. The third kappa shape index (κ3) is 3.00. The van der Waals surface area contributed by atoms with Crippen molar-refractivity contribution in [2.45, 2.75) is 6.54 Å². The number of nitrogens with one attached hydrogen (secondary N) is 1. The van der Waals surface area contributed by atoms with Crippen LogP contribution >= 0.6 is 11.3 Å². The third-order valence-electron chi connectivity index (χ3n) is 3.03.